The van der Waals surface area contributed by atoms with E-state index in [1.165, 1.54) is 24.0 Å². The maximum atomic E-state index is 12.7. The van der Waals surface area contributed by atoms with Crippen molar-refractivity contribution < 1.29 is 22.7 Å². The number of halogens is 3. The summed E-state index contributed by atoms with van der Waals surface area (Å²) in [5.74, 6) is 0. The number of nitrogens with zero attached hydrogens (tertiary/aromatic N) is 1. The van der Waals surface area contributed by atoms with E-state index in [1.807, 2.05) is 0 Å². The zero-order chi connectivity index (χ0) is 12.6. The zero-order valence-electron chi connectivity index (χ0n) is 9.04. The molecule has 0 saturated carbocycles. The van der Waals surface area contributed by atoms with Crippen LogP contribution in [0.4, 0.5) is 23.7 Å². The molecule has 92 valence electrons. The molecule has 1 aliphatic rings. The van der Waals surface area contributed by atoms with E-state index >= 15 is 0 Å². The Morgan fingerprint density at radius 2 is 2.06 bits per heavy atom. The predicted molar refractivity (Wildman–Crippen MR) is 54.9 cm³/mol. The van der Waals surface area contributed by atoms with Gasteiger partial charge in [0.1, 0.15) is 6.61 Å². The normalized spacial score (nSPS) is 16.2. The minimum Gasteiger partial charge on any atom is -0.447 e. The first-order valence-corrected chi connectivity index (χ1v) is 5.02. The van der Waals surface area contributed by atoms with Gasteiger partial charge in [-0.2, -0.15) is 13.2 Å². The first kappa shape index (κ1) is 11.8. The number of benzene rings is 1. The Kier molecular flexibility index (Phi) is 2.73. The Bertz CT molecular complexity index is 457. The largest absolute Gasteiger partial charge is 0.447 e. The van der Waals surface area contributed by atoms with Crippen molar-refractivity contribution in [2.24, 2.45) is 0 Å². The van der Waals surface area contributed by atoms with Crippen LogP contribution in [0.15, 0.2) is 18.2 Å². The average molecular weight is 245 g/mol. The summed E-state index contributed by atoms with van der Waals surface area (Å²) in [5, 5.41) is 0. The smallest absolute Gasteiger partial charge is 0.416 e. The van der Waals surface area contributed by atoms with Crippen LogP contribution >= 0.6 is 0 Å². The van der Waals surface area contributed by atoms with Crippen LogP contribution in [0.2, 0.25) is 0 Å². The van der Waals surface area contributed by atoms with Gasteiger partial charge in [-0.05, 0) is 24.6 Å². The molecule has 1 amide bonds. The van der Waals surface area contributed by atoms with E-state index < -0.39 is 17.8 Å². The van der Waals surface area contributed by atoms with E-state index in [-0.39, 0.29) is 24.4 Å². The molecule has 0 radical (unpaired) electrons. The number of hydrogen-bond donors (Lipinski definition) is 0. The van der Waals surface area contributed by atoms with Crippen LogP contribution in [0, 0.1) is 6.92 Å². The van der Waals surface area contributed by atoms with Crippen molar-refractivity contribution in [3.05, 3.63) is 29.3 Å². The molecule has 0 aliphatic carbocycles. The van der Waals surface area contributed by atoms with Gasteiger partial charge in [0.25, 0.3) is 0 Å². The van der Waals surface area contributed by atoms with Gasteiger partial charge in [-0.1, -0.05) is 6.07 Å². The second-order valence-electron chi connectivity index (χ2n) is 3.76. The molecule has 1 aromatic carbocycles. The van der Waals surface area contributed by atoms with Gasteiger partial charge in [-0.3, -0.25) is 4.90 Å². The minimum absolute atomic E-state index is 0.133. The first-order valence-electron chi connectivity index (χ1n) is 5.02. The molecule has 0 N–H and O–H groups in total. The van der Waals surface area contributed by atoms with Crippen molar-refractivity contribution in [3.63, 3.8) is 0 Å². The number of hydrogen-bond acceptors (Lipinski definition) is 2. The number of amides is 1. The van der Waals surface area contributed by atoms with Crippen LogP contribution < -0.4 is 4.90 Å². The topological polar surface area (TPSA) is 29.5 Å². The lowest BCUT2D eigenvalue weighted by atomic mass is 10.1. The highest BCUT2D eigenvalue weighted by molar-refractivity contribution is 5.89. The van der Waals surface area contributed by atoms with Gasteiger partial charge in [-0.15, -0.1) is 0 Å². The maximum absolute atomic E-state index is 12.7. The highest BCUT2D eigenvalue weighted by Crippen LogP contribution is 2.34. The fraction of sp³-hybridized carbons (Fsp3) is 0.364. The second kappa shape index (κ2) is 3.94. The number of ether oxygens (including phenoxy) is 1. The van der Waals surface area contributed by atoms with Gasteiger partial charge in [0, 0.05) is 5.69 Å². The van der Waals surface area contributed by atoms with Crippen molar-refractivity contribution in [1.29, 1.82) is 0 Å². The van der Waals surface area contributed by atoms with Gasteiger partial charge in [0.15, 0.2) is 0 Å². The van der Waals surface area contributed by atoms with Crippen LogP contribution in [0.1, 0.15) is 11.1 Å². The third-order valence-electron chi connectivity index (χ3n) is 2.60. The molecule has 1 saturated heterocycles. The third kappa shape index (κ3) is 2.20. The molecule has 2 rings (SSSR count). The lowest BCUT2D eigenvalue weighted by Crippen LogP contribution is -2.24. The second-order valence-corrected chi connectivity index (χ2v) is 3.76. The van der Waals surface area contributed by atoms with Crippen molar-refractivity contribution in [1.82, 2.24) is 0 Å². The Balaban J connectivity index is 2.41. The van der Waals surface area contributed by atoms with Crippen LogP contribution in [0.25, 0.3) is 0 Å². The van der Waals surface area contributed by atoms with Crippen LogP contribution in [0.3, 0.4) is 0 Å². The van der Waals surface area contributed by atoms with Crippen LogP contribution in [-0.2, 0) is 10.9 Å². The molecule has 6 heteroatoms. The quantitative estimate of drug-likeness (QED) is 0.761. The van der Waals surface area contributed by atoms with Gasteiger partial charge < -0.3 is 4.74 Å². The Labute approximate surface area is 95.8 Å². The van der Waals surface area contributed by atoms with Gasteiger partial charge in [-0.25, -0.2) is 4.79 Å². The fourth-order valence-corrected chi connectivity index (χ4v) is 1.71. The molecule has 1 fully saturated rings. The Morgan fingerprint density at radius 3 is 2.59 bits per heavy atom. The summed E-state index contributed by atoms with van der Waals surface area (Å²) in [6.07, 6.45) is -5.02. The van der Waals surface area contributed by atoms with E-state index in [1.54, 1.807) is 0 Å². The number of anilines is 1. The average Bonchev–Trinajstić information content (AvgIpc) is 2.63. The lowest BCUT2D eigenvalue weighted by Gasteiger charge is -2.16. The van der Waals surface area contributed by atoms with E-state index in [0.29, 0.717) is 0 Å². The van der Waals surface area contributed by atoms with E-state index in [0.717, 1.165) is 6.07 Å². The molecule has 0 spiro atoms. The van der Waals surface area contributed by atoms with Gasteiger partial charge in [0.2, 0.25) is 0 Å². The number of carbonyl (C=O) groups excluding carboxylic acids is 1. The number of alkyl halides is 3. The summed E-state index contributed by atoms with van der Waals surface area (Å²) >= 11 is 0. The Hall–Kier alpha value is -1.72. The lowest BCUT2D eigenvalue weighted by molar-refractivity contribution is -0.138. The third-order valence-corrected chi connectivity index (χ3v) is 2.60. The molecule has 17 heavy (non-hydrogen) atoms. The minimum atomic E-state index is -4.41. The number of carbonyl (C=O) groups is 1. The fourth-order valence-electron chi connectivity index (χ4n) is 1.71. The van der Waals surface area contributed by atoms with Crippen molar-refractivity contribution >= 4 is 11.8 Å². The first-order chi connectivity index (χ1) is 7.89. The standard InChI is InChI=1S/C11H10F3NO2/c1-7-2-3-8(6-9(7)11(12,13)14)15-4-5-17-10(15)16/h2-3,6H,4-5H2,1H3. The Morgan fingerprint density at radius 1 is 1.35 bits per heavy atom. The molecule has 0 atom stereocenters. The summed E-state index contributed by atoms with van der Waals surface area (Å²) in [6.45, 7) is 1.86. The summed E-state index contributed by atoms with van der Waals surface area (Å²) < 4.78 is 42.7. The molecular weight excluding hydrogens is 235 g/mol. The number of rotatable bonds is 1. The summed E-state index contributed by atoms with van der Waals surface area (Å²) in [5.41, 5.74) is -0.381. The summed E-state index contributed by atoms with van der Waals surface area (Å²) in [4.78, 5) is 12.4. The maximum Gasteiger partial charge on any atom is 0.416 e. The molecule has 0 bridgehead atoms. The summed E-state index contributed by atoms with van der Waals surface area (Å²) in [7, 11) is 0. The van der Waals surface area contributed by atoms with E-state index in [9.17, 15) is 18.0 Å². The van der Waals surface area contributed by atoms with E-state index in [4.69, 9.17) is 0 Å². The molecule has 0 unspecified atom stereocenters. The molecular formula is C11H10F3NO2. The van der Waals surface area contributed by atoms with Crippen molar-refractivity contribution in [2.75, 3.05) is 18.1 Å². The molecule has 1 heterocycles. The van der Waals surface area contributed by atoms with Crippen LogP contribution in [-0.4, -0.2) is 19.2 Å². The molecule has 1 aromatic rings. The van der Waals surface area contributed by atoms with Crippen LogP contribution in [0.5, 0.6) is 0 Å². The zero-order valence-corrected chi connectivity index (χ0v) is 9.04. The summed E-state index contributed by atoms with van der Waals surface area (Å²) in [6, 6.07) is 3.81. The highest BCUT2D eigenvalue weighted by Gasteiger charge is 2.34. The molecule has 1 aliphatic heterocycles. The van der Waals surface area contributed by atoms with Gasteiger partial charge >= 0.3 is 12.3 Å². The number of cyclic esters (lactones) is 1. The predicted octanol–water partition coefficient (Wildman–Crippen LogP) is 2.97. The SMILES string of the molecule is Cc1ccc(N2CCOC2=O)cc1C(F)(F)F. The molecule has 3 nitrogen and oxygen atoms in total. The number of aryl methyl sites for hydroxylation is 1. The van der Waals surface area contributed by atoms with Gasteiger partial charge in [0.05, 0.1) is 12.1 Å². The van der Waals surface area contributed by atoms with Crippen molar-refractivity contribution in [3.8, 4) is 0 Å². The highest BCUT2D eigenvalue weighted by atomic mass is 19.4. The monoisotopic (exact) mass is 245 g/mol. The van der Waals surface area contributed by atoms with Crippen molar-refractivity contribution in [2.45, 2.75) is 13.1 Å². The molecule has 0 aromatic heterocycles. The van der Waals surface area contributed by atoms with E-state index in [2.05, 4.69) is 4.74 Å².